The maximum atomic E-state index is 12.3. The quantitative estimate of drug-likeness (QED) is 0.772. The molecule has 7 heteroatoms. The highest BCUT2D eigenvalue weighted by Crippen LogP contribution is 2.30. The molecule has 0 atom stereocenters. The standard InChI is InChI=1S/C17H18N4OS2/c1-21(17-19-12-7-3-5-9-14(12)24-17)10-15(22)20-16-18-11-6-2-4-8-13(11)23-16/h3,5,7,9H,2,4,6,8,10H2,1H3,(H,18,20,22). The van der Waals surface area contributed by atoms with Gasteiger partial charge in [-0.05, 0) is 37.8 Å². The highest BCUT2D eigenvalue weighted by molar-refractivity contribution is 7.22. The SMILES string of the molecule is CN(CC(=O)Nc1nc2c(s1)CCCC2)c1nc2ccccc2s1. The van der Waals surface area contributed by atoms with E-state index in [1.807, 2.05) is 36.2 Å². The van der Waals surface area contributed by atoms with Crippen molar-refractivity contribution in [3.63, 3.8) is 0 Å². The molecule has 0 saturated carbocycles. The Balaban J connectivity index is 1.42. The van der Waals surface area contributed by atoms with E-state index in [1.165, 1.54) is 23.4 Å². The van der Waals surface area contributed by atoms with E-state index in [0.717, 1.165) is 33.3 Å². The number of fused-ring (bicyclic) bond motifs is 2. The van der Waals surface area contributed by atoms with Crippen LogP contribution in [0.25, 0.3) is 10.2 Å². The number of aromatic nitrogens is 2. The van der Waals surface area contributed by atoms with Crippen LogP contribution in [-0.4, -0.2) is 29.5 Å². The Kier molecular flexibility index (Phi) is 4.20. The average molecular weight is 358 g/mol. The topological polar surface area (TPSA) is 58.1 Å². The van der Waals surface area contributed by atoms with Gasteiger partial charge in [0.05, 0.1) is 22.5 Å². The summed E-state index contributed by atoms with van der Waals surface area (Å²) in [6, 6.07) is 8.01. The third-order valence-corrected chi connectivity index (χ3v) is 6.31. The summed E-state index contributed by atoms with van der Waals surface area (Å²) in [7, 11) is 1.89. The molecule has 0 bridgehead atoms. The fourth-order valence-electron chi connectivity index (χ4n) is 2.87. The van der Waals surface area contributed by atoms with Crippen LogP contribution in [0.5, 0.6) is 0 Å². The second-order valence-electron chi connectivity index (χ2n) is 5.96. The number of amides is 1. The summed E-state index contributed by atoms with van der Waals surface area (Å²) in [6.45, 7) is 0.268. The molecule has 1 amide bonds. The second kappa shape index (κ2) is 6.49. The van der Waals surface area contributed by atoms with E-state index < -0.39 is 0 Å². The Labute approximate surface area is 148 Å². The number of aryl methyl sites for hydroxylation is 2. The summed E-state index contributed by atoms with van der Waals surface area (Å²) in [5.41, 5.74) is 2.14. The summed E-state index contributed by atoms with van der Waals surface area (Å²) in [5.74, 6) is -0.0529. The molecule has 2 heterocycles. The van der Waals surface area contributed by atoms with Gasteiger partial charge < -0.3 is 10.2 Å². The monoisotopic (exact) mass is 358 g/mol. The van der Waals surface area contributed by atoms with Crippen LogP contribution in [0.4, 0.5) is 10.3 Å². The van der Waals surface area contributed by atoms with Crippen LogP contribution in [0.2, 0.25) is 0 Å². The molecular formula is C17H18N4OS2. The number of nitrogens with one attached hydrogen (secondary N) is 1. The number of para-hydroxylation sites is 1. The summed E-state index contributed by atoms with van der Waals surface area (Å²) in [4.78, 5) is 24.7. The van der Waals surface area contributed by atoms with Gasteiger partial charge in [0.1, 0.15) is 0 Å². The Morgan fingerprint density at radius 3 is 2.88 bits per heavy atom. The molecule has 3 aromatic rings. The number of anilines is 2. The van der Waals surface area contributed by atoms with Gasteiger partial charge in [-0.15, -0.1) is 11.3 Å². The van der Waals surface area contributed by atoms with Crippen molar-refractivity contribution in [3.8, 4) is 0 Å². The predicted molar refractivity (Wildman–Crippen MR) is 100 cm³/mol. The second-order valence-corrected chi connectivity index (χ2v) is 8.06. The van der Waals surface area contributed by atoms with Gasteiger partial charge >= 0.3 is 0 Å². The third kappa shape index (κ3) is 3.14. The van der Waals surface area contributed by atoms with Crippen molar-refractivity contribution in [2.45, 2.75) is 25.7 Å². The molecule has 0 aliphatic heterocycles. The van der Waals surface area contributed by atoms with Crippen LogP contribution in [0.3, 0.4) is 0 Å². The largest absolute Gasteiger partial charge is 0.342 e. The Morgan fingerprint density at radius 1 is 1.21 bits per heavy atom. The number of benzene rings is 1. The van der Waals surface area contributed by atoms with Gasteiger partial charge in [-0.2, -0.15) is 0 Å². The Bertz CT molecular complexity index is 829. The van der Waals surface area contributed by atoms with Gasteiger partial charge in [0.2, 0.25) is 5.91 Å². The lowest BCUT2D eigenvalue weighted by Gasteiger charge is -2.14. The molecule has 24 heavy (non-hydrogen) atoms. The number of likely N-dealkylation sites (N-methyl/N-ethyl adjacent to an activating group) is 1. The predicted octanol–water partition coefficient (Wildman–Crippen LogP) is 3.71. The zero-order valence-corrected chi connectivity index (χ0v) is 15.0. The molecule has 4 rings (SSSR count). The maximum Gasteiger partial charge on any atom is 0.245 e. The highest BCUT2D eigenvalue weighted by Gasteiger charge is 2.17. The van der Waals surface area contributed by atoms with Crippen LogP contribution in [0.15, 0.2) is 24.3 Å². The molecule has 2 aromatic heterocycles. The lowest BCUT2D eigenvalue weighted by atomic mass is 10.0. The van der Waals surface area contributed by atoms with Crippen LogP contribution < -0.4 is 10.2 Å². The van der Waals surface area contributed by atoms with Crippen molar-refractivity contribution in [3.05, 3.63) is 34.8 Å². The summed E-state index contributed by atoms with van der Waals surface area (Å²) in [5, 5.41) is 4.52. The van der Waals surface area contributed by atoms with Crippen LogP contribution >= 0.6 is 22.7 Å². The molecule has 0 unspecified atom stereocenters. The first-order chi connectivity index (χ1) is 11.7. The number of thiazole rings is 2. The molecule has 1 aromatic carbocycles. The first kappa shape index (κ1) is 15.5. The molecule has 1 aliphatic rings. The van der Waals surface area contributed by atoms with Gasteiger partial charge in [0, 0.05) is 11.9 Å². The Hall–Kier alpha value is -1.99. The minimum Gasteiger partial charge on any atom is -0.342 e. The summed E-state index contributed by atoms with van der Waals surface area (Å²) < 4.78 is 1.13. The van der Waals surface area contributed by atoms with Gasteiger partial charge in [-0.25, -0.2) is 9.97 Å². The molecule has 1 N–H and O–H groups in total. The van der Waals surface area contributed by atoms with Crippen LogP contribution in [-0.2, 0) is 17.6 Å². The zero-order valence-electron chi connectivity index (χ0n) is 13.4. The van der Waals surface area contributed by atoms with Crippen LogP contribution in [0, 0.1) is 0 Å². The normalized spacial score (nSPS) is 13.7. The van der Waals surface area contributed by atoms with Gasteiger partial charge in [0.15, 0.2) is 10.3 Å². The fourth-order valence-corrected chi connectivity index (χ4v) is 4.86. The molecule has 124 valence electrons. The lowest BCUT2D eigenvalue weighted by molar-refractivity contribution is -0.114. The highest BCUT2D eigenvalue weighted by atomic mass is 32.1. The fraction of sp³-hybridized carbons (Fsp3) is 0.353. The minimum absolute atomic E-state index is 0.0529. The number of carbonyl (C=O) groups is 1. The van der Waals surface area contributed by atoms with Crippen LogP contribution in [0.1, 0.15) is 23.4 Å². The molecule has 1 aliphatic carbocycles. The third-order valence-electron chi connectivity index (χ3n) is 4.08. The zero-order chi connectivity index (χ0) is 16.5. The van der Waals surface area contributed by atoms with E-state index in [1.54, 1.807) is 22.7 Å². The van der Waals surface area contributed by atoms with Crippen molar-refractivity contribution in [2.24, 2.45) is 0 Å². The molecular weight excluding hydrogens is 340 g/mol. The molecule has 0 spiro atoms. The van der Waals surface area contributed by atoms with Gasteiger partial charge in [-0.3, -0.25) is 4.79 Å². The molecule has 5 nitrogen and oxygen atoms in total. The number of carbonyl (C=O) groups excluding carboxylic acids is 1. The van der Waals surface area contributed by atoms with Crippen molar-refractivity contribution >= 4 is 49.1 Å². The Morgan fingerprint density at radius 2 is 2.04 bits per heavy atom. The van der Waals surface area contributed by atoms with Gasteiger partial charge in [-0.1, -0.05) is 23.5 Å². The summed E-state index contributed by atoms with van der Waals surface area (Å²) in [6.07, 6.45) is 4.55. The molecule has 0 radical (unpaired) electrons. The average Bonchev–Trinajstić information content (AvgIpc) is 3.17. The first-order valence-corrected chi connectivity index (χ1v) is 9.67. The lowest BCUT2D eigenvalue weighted by Crippen LogP contribution is -2.29. The van der Waals surface area contributed by atoms with E-state index >= 15 is 0 Å². The molecule has 0 fully saturated rings. The maximum absolute atomic E-state index is 12.3. The van der Waals surface area contributed by atoms with E-state index in [-0.39, 0.29) is 12.5 Å². The minimum atomic E-state index is -0.0529. The van der Waals surface area contributed by atoms with Gasteiger partial charge in [0.25, 0.3) is 0 Å². The molecule has 0 saturated heterocycles. The van der Waals surface area contributed by atoms with Crippen molar-refractivity contribution < 1.29 is 4.79 Å². The van der Waals surface area contributed by atoms with E-state index in [2.05, 4.69) is 15.3 Å². The van der Waals surface area contributed by atoms with Crippen molar-refractivity contribution in [2.75, 3.05) is 23.8 Å². The van der Waals surface area contributed by atoms with E-state index in [9.17, 15) is 4.79 Å². The number of hydrogen-bond acceptors (Lipinski definition) is 6. The van der Waals surface area contributed by atoms with Crippen molar-refractivity contribution in [1.29, 1.82) is 0 Å². The number of rotatable bonds is 4. The van der Waals surface area contributed by atoms with E-state index in [0.29, 0.717) is 0 Å². The number of nitrogens with zero attached hydrogens (tertiary/aromatic N) is 3. The summed E-state index contributed by atoms with van der Waals surface area (Å²) >= 11 is 3.21. The number of hydrogen-bond donors (Lipinski definition) is 1. The van der Waals surface area contributed by atoms with E-state index in [4.69, 9.17) is 0 Å². The smallest absolute Gasteiger partial charge is 0.245 e. The van der Waals surface area contributed by atoms with Crippen molar-refractivity contribution in [1.82, 2.24) is 9.97 Å². The first-order valence-electron chi connectivity index (χ1n) is 8.04.